The number of aryl methyl sites for hydroxylation is 1. The lowest BCUT2D eigenvalue weighted by atomic mass is 10.1. The molecular formula is C12H15N7. The molecular weight excluding hydrogens is 242 g/mol. The molecule has 3 N–H and O–H groups in total. The monoisotopic (exact) mass is 257 g/mol. The van der Waals surface area contributed by atoms with Crippen LogP contribution in [0.4, 0.5) is 0 Å². The van der Waals surface area contributed by atoms with Crippen LogP contribution in [-0.2, 0) is 13.5 Å². The number of fused-ring (bicyclic) bond motifs is 1. The van der Waals surface area contributed by atoms with Gasteiger partial charge in [0, 0.05) is 43.8 Å². The predicted molar refractivity (Wildman–Crippen MR) is 70.0 cm³/mol. The van der Waals surface area contributed by atoms with Gasteiger partial charge in [0.15, 0.2) is 0 Å². The summed E-state index contributed by atoms with van der Waals surface area (Å²) in [4.78, 5) is 8.44. The highest BCUT2D eigenvalue weighted by molar-refractivity contribution is 5.53. The van der Waals surface area contributed by atoms with Gasteiger partial charge in [-0.2, -0.15) is 5.10 Å². The van der Waals surface area contributed by atoms with Crippen molar-refractivity contribution in [2.75, 3.05) is 0 Å². The average Bonchev–Trinajstić information content (AvgIpc) is 3.03. The second-order valence-electron chi connectivity index (χ2n) is 4.38. The van der Waals surface area contributed by atoms with Crippen molar-refractivity contribution in [3.05, 3.63) is 48.6 Å². The second kappa shape index (κ2) is 4.79. The summed E-state index contributed by atoms with van der Waals surface area (Å²) in [5.41, 5.74) is 4.78. The molecule has 3 aromatic rings. The van der Waals surface area contributed by atoms with Crippen LogP contribution in [0.1, 0.15) is 17.4 Å². The van der Waals surface area contributed by atoms with E-state index < -0.39 is 0 Å². The van der Waals surface area contributed by atoms with Gasteiger partial charge in [-0.15, -0.1) is 0 Å². The molecule has 0 radical (unpaired) electrons. The second-order valence-corrected chi connectivity index (χ2v) is 4.38. The maximum absolute atomic E-state index is 5.68. The SMILES string of the molecule is Cn1ccnc1CC(NN)c1cnn2ccncc12. The van der Waals surface area contributed by atoms with Gasteiger partial charge >= 0.3 is 0 Å². The third kappa shape index (κ3) is 2.09. The molecule has 0 bridgehead atoms. The fourth-order valence-corrected chi connectivity index (χ4v) is 2.16. The maximum Gasteiger partial charge on any atom is 0.110 e. The van der Waals surface area contributed by atoms with Crippen LogP contribution < -0.4 is 11.3 Å². The average molecular weight is 257 g/mol. The van der Waals surface area contributed by atoms with Crippen molar-refractivity contribution in [1.29, 1.82) is 0 Å². The summed E-state index contributed by atoms with van der Waals surface area (Å²) in [7, 11) is 1.97. The lowest BCUT2D eigenvalue weighted by molar-refractivity contribution is 0.533. The first kappa shape index (κ1) is 11.8. The van der Waals surface area contributed by atoms with Crippen LogP contribution in [0.5, 0.6) is 0 Å². The Morgan fingerprint density at radius 3 is 2.95 bits per heavy atom. The molecule has 3 heterocycles. The van der Waals surface area contributed by atoms with Gasteiger partial charge in [-0.25, -0.2) is 9.50 Å². The van der Waals surface area contributed by atoms with Gasteiger partial charge < -0.3 is 4.57 Å². The summed E-state index contributed by atoms with van der Waals surface area (Å²) >= 11 is 0. The fraction of sp³-hybridized carbons (Fsp3) is 0.250. The first-order chi connectivity index (χ1) is 9.29. The Balaban J connectivity index is 1.96. The number of aromatic nitrogens is 5. The van der Waals surface area contributed by atoms with Crippen LogP contribution >= 0.6 is 0 Å². The van der Waals surface area contributed by atoms with Crippen molar-refractivity contribution in [2.24, 2.45) is 12.9 Å². The van der Waals surface area contributed by atoms with Gasteiger partial charge in [0.1, 0.15) is 5.82 Å². The quantitative estimate of drug-likeness (QED) is 0.515. The Hall–Kier alpha value is -2.25. The number of nitrogens with zero attached hydrogens (tertiary/aromatic N) is 5. The highest BCUT2D eigenvalue weighted by atomic mass is 15.3. The van der Waals surface area contributed by atoms with Crippen molar-refractivity contribution in [3.63, 3.8) is 0 Å². The third-order valence-electron chi connectivity index (χ3n) is 3.24. The highest BCUT2D eigenvalue weighted by Gasteiger charge is 2.17. The minimum absolute atomic E-state index is 0.0530. The highest BCUT2D eigenvalue weighted by Crippen LogP contribution is 2.20. The molecule has 0 aromatic carbocycles. The number of hydrogen-bond donors (Lipinski definition) is 2. The van der Waals surface area contributed by atoms with Gasteiger partial charge in [0.05, 0.1) is 24.0 Å². The van der Waals surface area contributed by atoms with E-state index in [4.69, 9.17) is 5.84 Å². The van der Waals surface area contributed by atoms with E-state index in [9.17, 15) is 0 Å². The van der Waals surface area contributed by atoms with Crippen LogP contribution in [0, 0.1) is 0 Å². The number of nitrogens with one attached hydrogen (secondary N) is 1. The summed E-state index contributed by atoms with van der Waals surface area (Å²) < 4.78 is 3.76. The first-order valence-corrected chi connectivity index (χ1v) is 5.99. The minimum atomic E-state index is -0.0530. The zero-order valence-electron chi connectivity index (χ0n) is 10.6. The number of hydrazine groups is 1. The van der Waals surface area contributed by atoms with Gasteiger partial charge in [-0.05, 0) is 0 Å². The Morgan fingerprint density at radius 2 is 2.21 bits per heavy atom. The van der Waals surface area contributed by atoms with Crippen molar-refractivity contribution < 1.29 is 0 Å². The summed E-state index contributed by atoms with van der Waals surface area (Å²) in [6, 6.07) is -0.0530. The van der Waals surface area contributed by atoms with Gasteiger partial charge in [0.25, 0.3) is 0 Å². The van der Waals surface area contributed by atoms with E-state index in [2.05, 4.69) is 20.5 Å². The molecule has 0 amide bonds. The largest absolute Gasteiger partial charge is 0.338 e. The number of rotatable bonds is 4. The van der Waals surface area contributed by atoms with Crippen molar-refractivity contribution >= 4 is 5.52 Å². The van der Waals surface area contributed by atoms with E-state index in [1.807, 2.05) is 30.2 Å². The van der Waals surface area contributed by atoms with Crippen molar-refractivity contribution in [2.45, 2.75) is 12.5 Å². The Bertz CT molecular complexity index is 684. The van der Waals surface area contributed by atoms with E-state index in [0.717, 1.165) is 16.9 Å². The van der Waals surface area contributed by atoms with E-state index in [0.29, 0.717) is 6.42 Å². The molecule has 0 aliphatic rings. The Labute approximate surface area is 110 Å². The molecule has 0 aliphatic heterocycles. The molecule has 7 heteroatoms. The van der Waals surface area contributed by atoms with E-state index in [1.54, 1.807) is 23.1 Å². The van der Waals surface area contributed by atoms with Crippen LogP contribution in [0.3, 0.4) is 0 Å². The van der Waals surface area contributed by atoms with Crippen molar-refractivity contribution in [3.8, 4) is 0 Å². The summed E-state index contributed by atoms with van der Waals surface area (Å²) in [5, 5.41) is 4.29. The fourth-order valence-electron chi connectivity index (χ4n) is 2.16. The number of hydrogen-bond acceptors (Lipinski definition) is 5. The van der Waals surface area contributed by atoms with Crippen molar-refractivity contribution in [1.82, 2.24) is 29.6 Å². The molecule has 0 saturated heterocycles. The molecule has 0 fully saturated rings. The summed E-state index contributed by atoms with van der Waals surface area (Å²) in [6.45, 7) is 0. The van der Waals surface area contributed by atoms with Crippen LogP contribution in [0.25, 0.3) is 5.52 Å². The molecule has 0 saturated carbocycles. The van der Waals surface area contributed by atoms with Gasteiger partial charge in [-0.1, -0.05) is 0 Å². The van der Waals surface area contributed by atoms with Gasteiger partial charge in [0.2, 0.25) is 0 Å². The molecule has 1 atom stereocenters. The smallest absolute Gasteiger partial charge is 0.110 e. The first-order valence-electron chi connectivity index (χ1n) is 5.99. The van der Waals surface area contributed by atoms with Gasteiger partial charge in [-0.3, -0.25) is 16.3 Å². The normalized spacial score (nSPS) is 12.9. The molecule has 3 rings (SSSR count). The topological polar surface area (TPSA) is 86.1 Å². The summed E-state index contributed by atoms with van der Waals surface area (Å²) in [5.74, 6) is 6.64. The summed E-state index contributed by atoms with van der Waals surface area (Å²) in [6.07, 6.45) is 11.5. The van der Waals surface area contributed by atoms with E-state index in [1.165, 1.54) is 0 Å². The maximum atomic E-state index is 5.68. The molecule has 98 valence electrons. The lowest BCUT2D eigenvalue weighted by Gasteiger charge is -2.14. The standard InChI is InChI=1S/C12H15N7/c1-18-4-3-15-12(18)6-10(17-13)9-7-16-19-5-2-14-8-11(9)19/h2-5,7-8,10,17H,6,13H2,1H3. The zero-order chi connectivity index (χ0) is 13.2. The molecule has 7 nitrogen and oxygen atoms in total. The Morgan fingerprint density at radius 1 is 1.32 bits per heavy atom. The molecule has 0 spiro atoms. The lowest BCUT2D eigenvalue weighted by Crippen LogP contribution is -2.30. The molecule has 3 aromatic heterocycles. The molecule has 0 aliphatic carbocycles. The van der Waals surface area contributed by atoms with E-state index >= 15 is 0 Å². The predicted octanol–water partition coefficient (Wildman–Crippen LogP) is 0.210. The number of imidazole rings is 1. The Kier molecular flexibility index (Phi) is 2.98. The molecule has 19 heavy (non-hydrogen) atoms. The zero-order valence-corrected chi connectivity index (χ0v) is 10.6. The van der Waals surface area contributed by atoms with Crippen LogP contribution in [0.15, 0.2) is 37.2 Å². The number of nitrogens with two attached hydrogens (primary N) is 1. The third-order valence-corrected chi connectivity index (χ3v) is 3.24. The minimum Gasteiger partial charge on any atom is -0.338 e. The molecule has 1 unspecified atom stereocenters. The van der Waals surface area contributed by atoms with Crippen LogP contribution in [0.2, 0.25) is 0 Å². The van der Waals surface area contributed by atoms with Crippen LogP contribution in [-0.4, -0.2) is 24.1 Å². The van der Waals surface area contributed by atoms with E-state index in [-0.39, 0.29) is 6.04 Å².